The van der Waals surface area contributed by atoms with Crippen molar-refractivity contribution < 1.29 is 4.79 Å². The molecular weight excluding hydrogens is 276 g/mol. The van der Waals surface area contributed by atoms with Gasteiger partial charge in [-0.15, -0.1) is 0 Å². The van der Waals surface area contributed by atoms with Crippen molar-refractivity contribution in [1.29, 1.82) is 0 Å². The molecule has 0 spiro atoms. The fraction of sp³-hybridized carbons (Fsp3) is 0.706. The van der Waals surface area contributed by atoms with Gasteiger partial charge in [0.1, 0.15) is 5.82 Å². The van der Waals surface area contributed by atoms with Gasteiger partial charge in [0.2, 0.25) is 0 Å². The van der Waals surface area contributed by atoms with E-state index < -0.39 is 0 Å². The summed E-state index contributed by atoms with van der Waals surface area (Å²) in [5, 5.41) is 0. The Balaban J connectivity index is 1.47. The van der Waals surface area contributed by atoms with Crippen LogP contribution in [0.3, 0.4) is 0 Å². The fourth-order valence-corrected chi connectivity index (χ4v) is 3.69. The SMILES string of the molecule is CN(C)[C@H]1CN(C(=O)c2cnc(C3CC3)nc2)C[C@@H]1C1CC1. The summed E-state index contributed by atoms with van der Waals surface area (Å²) in [6.45, 7) is 1.72. The van der Waals surface area contributed by atoms with E-state index in [-0.39, 0.29) is 5.91 Å². The van der Waals surface area contributed by atoms with Gasteiger partial charge in [-0.3, -0.25) is 4.79 Å². The molecule has 1 aromatic heterocycles. The molecule has 1 aliphatic heterocycles. The Kier molecular flexibility index (Phi) is 3.40. The van der Waals surface area contributed by atoms with Gasteiger partial charge >= 0.3 is 0 Å². The second-order valence-electron chi connectivity index (χ2n) is 7.35. The van der Waals surface area contributed by atoms with Crippen LogP contribution in [-0.4, -0.2) is 58.9 Å². The quantitative estimate of drug-likeness (QED) is 0.850. The molecule has 0 aromatic carbocycles. The topological polar surface area (TPSA) is 49.3 Å². The van der Waals surface area contributed by atoms with Crippen molar-refractivity contribution in [2.24, 2.45) is 11.8 Å². The van der Waals surface area contributed by atoms with Gasteiger partial charge in [-0.1, -0.05) is 0 Å². The molecule has 5 nitrogen and oxygen atoms in total. The first kappa shape index (κ1) is 14.1. The molecule has 0 unspecified atom stereocenters. The number of nitrogens with zero attached hydrogens (tertiary/aromatic N) is 4. The molecule has 2 heterocycles. The molecule has 0 N–H and O–H groups in total. The van der Waals surface area contributed by atoms with E-state index in [1.807, 2.05) is 4.90 Å². The molecule has 3 fully saturated rings. The van der Waals surface area contributed by atoms with E-state index in [2.05, 4.69) is 29.0 Å². The molecular formula is C17H24N4O. The highest BCUT2D eigenvalue weighted by molar-refractivity contribution is 5.93. The van der Waals surface area contributed by atoms with Gasteiger partial charge < -0.3 is 9.80 Å². The van der Waals surface area contributed by atoms with Crippen LogP contribution >= 0.6 is 0 Å². The van der Waals surface area contributed by atoms with Crippen LogP contribution < -0.4 is 0 Å². The number of carbonyl (C=O) groups excluding carboxylic acids is 1. The van der Waals surface area contributed by atoms with Crippen LogP contribution in [0.15, 0.2) is 12.4 Å². The molecule has 118 valence electrons. The van der Waals surface area contributed by atoms with E-state index in [0.29, 0.717) is 23.4 Å². The fourth-order valence-electron chi connectivity index (χ4n) is 3.69. The minimum Gasteiger partial charge on any atom is -0.337 e. The van der Waals surface area contributed by atoms with E-state index in [4.69, 9.17) is 0 Å². The number of carbonyl (C=O) groups is 1. The van der Waals surface area contributed by atoms with Gasteiger partial charge in [-0.25, -0.2) is 9.97 Å². The van der Waals surface area contributed by atoms with Gasteiger partial charge in [0.15, 0.2) is 0 Å². The molecule has 2 saturated carbocycles. The van der Waals surface area contributed by atoms with Crippen LogP contribution in [0.1, 0.15) is 47.8 Å². The van der Waals surface area contributed by atoms with Gasteiger partial charge in [-0.2, -0.15) is 0 Å². The predicted octanol–water partition coefficient (Wildman–Crippen LogP) is 1.77. The molecule has 5 heteroatoms. The lowest BCUT2D eigenvalue weighted by atomic mass is 9.97. The zero-order chi connectivity index (χ0) is 15.3. The van der Waals surface area contributed by atoms with E-state index in [1.54, 1.807) is 12.4 Å². The normalized spacial score (nSPS) is 28.4. The Hall–Kier alpha value is -1.49. The first-order valence-corrected chi connectivity index (χ1v) is 8.41. The minimum atomic E-state index is 0.0948. The summed E-state index contributed by atoms with van der Waals surface area (Å²) in [7, 11) is 4.25. The van der Waals surface area contributed by atoms with Crippen molar-refractivity contribution in [1.82, 2.24) is 19.8 Å². The Labute approximate surface area is 131 Å². The minimum absolute atomic E-state index is 0.0948. The summed E-state index contributed by atoms with van der Waals surface area (Å²) >= 11 is 0. The van der Waals surface area contributed by atoms with Crippen LogP contribution in [0, 0.1) is 11.8 Å². The molecule has 2 atom stereocenters. The molecule has 22 heavy (non-hydrogen) atoms. The van der Waals surface area contributed by atoms with Gasteiger partial charge in [0.05, 0.1) is 5.56 Å². The van der Waals surface area contributed by atoms with Gasteiger partial charge in [0, 0.05) is 37.4 Å². The third kappa shape index (κ3) is 2.62. The first-order valence-electron chi connectivity index (χ1n) is 8.41. The highest BCUT2D eigenvalue weighted by atomic mass is 16.2. The van der Waals surface area contributed by atoms with Crippen molar-refractivity contribution in [3.05, 3.63) is 23.8 Å². The monoisotopic (exact) mass is 300 g/mol. The molecule has 0 bridgehead atoms. The average Bonchev–Trinajstić information content (AvgIpc) is 3.44. The lowest BCUT2D eigenvalue weighted by Gasteiger charge is -2.24. The van der Waals surface area contributed by atoms with Crippen LogP contribution in [-0.2, 0) is 0 Å². The van der Waals surface area contributed by atoms with Crippen LogP contribution in [0.25, 0.3) is 0 Å². The summed E-state index contributed by atoms with van der Waals surface area (Å²) in [6, 6.07) is 0.489. The second-order valence-corrected chi connectivity index (χ2v) is 7.35. The Bertz CT molecular complexity index is 553. The van der Waals surface area contributed by atoms with Crippen molar-refractivity contribution >= 4 is 5.91 Å². The standard InChI is InChI=1S/C17H24N4O/c1-20(2)15-10-21(9-14(15)11-3-4-11)17(22)13-7-18-16(19-8-13)12-5-6-12/h7-8,11-12,14-15H,3-6,9-10H2,1-2H3/t14-,15+/m1/s1. The number of hydrogen-bond donors (Lipinski definition) is 0. The largest absolute Gasteiger partial charge is 0.337 e. The smallest absolute Gasteiger partial charge is 0.257 e. The maximum Gasteiger partial charge on any atom is 0.257 e. The summed E-state index contributed by atoms with van der Waals surface area (Å²) in [5.74, 6) is 2.98. The summed E-state index contributed by atoms with van der Waals surface area (Å²) in [4.78, 5) is 25.8. The van der Waals surface area contributed by atoms with Crippen molar-refractivity contribution in [2.75, 3.05) is 27.2 Å². The molecule has 1 saturated heterocycles. The molecule has 1 amide bonds. The summed E-state index contributed by atoms with van der Waals surface area (Å²) in [5.41, 5.74) is 0.637. The highest BCUT2D eigenvalue weighted by Gasteiger charge is 2.44. The molecule has 3 aliphatic rings. The number of likely N-dealkylation sites (N-methyl/N-ethyl adjacent to an activating group) is 1. The summed E-state index contributed by atoms with van der Waals surface area (Å²) in [6.07, 6.45) is 8.47. The Morgan fingerprint density at radius 1 is 1.14 bits per heavy atom. The van der Waals surface area contributed by atoms with Crippen molar-refractivity contribution in [3.8, 4) is 0 Å². The number of rotatable bonds is 4. The van der Waals surface area contributed by atoms with E-state index >= 15 is 0 Å². The van der Waals surface area contributed by atoms with Gasteiger partial charge in [-0.05, 0) is 51.6 Å². The second kappa shape index (κ2) is 5.30. The zero-order valence-corrected chi connectivity index (χ0v) is 13.4. The Morgan fingerprint density at radius 2 is 1.82 bits per heavy atom. The maximum atomic E-state index is 12.7. The van der Waals surface area contributed by atoms with Crippen molar-refractivity contribution in [3.63, 3.8) is 0 Å². The summed E-state index contributed by atoms with van der Waals surface area (Å²) < 4.78 is 0. The third-order valence-electron chi connectivity index (χ3n) is 5.37. The van der Waals surface area contributed by atoms with E-state index in [1.165, 1.54) is 25.7 Å². The molecule has 4 rings (SSSR count). The lowest BCUT2D eigenvalue weighted by molar-refractivity contribution is 0.0779. The Morgan fingerprint density at radius 3 is 2.36 bits per heavy atom. The number of hydrogen-bond acceptors (Lipinski definition) is 4. The molecule has 1 aromatic rings. The zero-order valence-electron chi connectivity index (χ0n) is 13.4. The number of amides is 1. The van der Waals surface area contributed by atoms with E-state index in [0.717, 1.165) is 24.8 Å². The molecule has 0 radical (unpaired) electrons. The van der Waals surface area contributed by atoms with Crippen LogP contribution in [0.4, 0.5) is 0 Å². The number of likely N-dealkylation sites (tertiary alicyclic amines) is 1. The maximum absolute atomic E-state index is 12.7. The lowest BCUT2D eigenvalue weighted by Crippen LogP contribution is -2.36. The average molecular weight is 300 g/mol. The predicted molar refractivity (Wildman–Crippen MR) is 83.6 cm³/mol. The molecule has 2 aliphatic carbocycles. The highest BCUT2D eigenvalue weighted by Crippen LogP contribution is 2.42. The first-order chi connectivity index (χ1) is 10.6. The van der Waals surface area contributed by atoms with Crippen LogP contribution in [0.5, 0.6) is 0 Å². The van der Waals surface area contributed by atoms with Crippen molar-refractivity contribution in [2.45, 2.75) is 37.6 Å². The number of aromatic nitrogens is 2. The van der Waals surface area contributed by atoms with Gasteiger partial charge in [0.25, 0.3) is 5.91 Å². The van der Waals surface area contributed by atoms with Crippen LogP contribution in [0.2, 0.25) is 0 Å². The van der Waals surface area contributed by atoms with E-state index in [9.17, 15) is 4.79 Å². The third-order valence-corrected chi connectivity index (χ3v) is 5.37.